The SMILES string of the molecule is CC1CCCC(CCN2CCNC(C)CC2)C1. The molecular weight excluding hydrogens is 208 g/mol. The monoisotopic (exact) mass is 238 g/mol. The van der Waals surface area contributed by atoms with Gasteiger partial charge in [0.25, 0.3) is 0 Å². The van der Waals surface area contributed by atoms with Crippen LogP contribution < -0.4 is 5.32 Å². The molecule has 0 aromatic rings. The summed E-state index contributed by atoms with van der Waals surface area (Å²) in [5.74, 6) is 2.01. The third-order valence-electron chi connectivity index (χ3n) is 4.70. The highest BCUT2D eigenvalue weighted by atomic mass is 15.2. The second-order valence-electron chi connectivity index (χ2n) is 6.41. The fourth-order valence-electron chi connectivity index (χ4n) is 3.47. The maximum Gasteiger partial charge on any atom is 0.0107 e. The molecule has 0 bridgehead atoms. The van der Waals surface area contributed by atoms with Gasteiger partial charge in [0.15, 0.2) is 0 Å². The molecular formula is C15H30N2. The molecule has 1 aliphatic carbocycles. The highest BCUT2D eigenvalue weighted by molar-refractivity contribution is 4.75. The average molecular weight is 238 g/mol. The van der Waals surface area contributed by atoms with Gasteiger partial charge in [0.1, 0.15) is 0 Å². The summed E-state index contributed by atoms with van der Waals surface area (Å²) in [4.78, 5) is 2.68. The van der Waals surface area contributed by atoms with Gasteiger partial charge in [-0.2, -0.15) is 0 Å². The van der Waals surface area contributed by atoms with Crippen molar-refractivity contribution >= 4 is 0 Å². The molecule has 100 valence electrons. The van der Waals surface area contributed by atoms with Gasteiger partial charge in [-0.3, -0.25) is 0 Å². The van der Waals surface area contributed by atoms with E-state index in [0.29, 0.717) is 0 Å². The van der Waals surface area contributed by atoms with Crippen LogP contribution >= 0.6 is 0 Å². The molecule has 0 radical (unpaired) electrons. The molecule has 1 heterocycles. The molecule has 1 saturated carbocycles. The van der Waals surface area contributed by atoms with E-state index in [0.717, 1.165) is 17.9 Å². The molecule has 0 aromatic carbocycles. The summed E-state index contributed by atoms with van der Waals surface area (Å²) in [5.41, 5.74) is 0. The fraction of sp³-hybridized carbons (Fsp3) is 1.00. The molecule has 1 N–H and O–H groups in total. The van der Waals surface area contributed by atoms with E-state index in [1.54, 1.807) is 0 Å². The zero-order valence-electron chi connectivity index (χ0n) is 11.8. The largest absolute Gasteiger partial charge is 0.313 e. The van der Waals surface area contributed by atoms with Gasteiger partial charge in [0.05, 0.1) is 0 Å². The smallest absolute Gasteiger partial charge is 0.0107 e. The first kappa shape index (κ1) is 13.4. The lowest BCUT2D eigenvalue weighted by molar-refractivity contribution is 0.218. The van der Waals surface area contributed by atoms with E-state index < -0.39 is 0 Å². The normalized spacial score (nSPS) is 36.7. The average Bonchev–Trinajstić information content (AvgIpc) is 2.52. The fourth-order valence-corrected chi connectivity index (χ4v) is 3.47. The summed E-state index contributed by atoms with van der Waals surface area (Å²) in [5, 5.41) is 3.58. The molecule has 0 spiro atoms. The van der Waals surface area contributed by atoms with Crippen LogP contribution in [0.1, 0.15) is 52.4 Å². The van der Waals surface area contributed by atoms with Gasteiger partial charge in [0, 0.05) is 19.1 Å². The first-order valence-corrected chi connectivity index (χ1v) is 7.70. The number of nitrogens with zero attached hydrogens (tertiary/aromatic N) is 1. The molecule has 2 aliphatic rings. The summed E-state index contributed by atoms with van der Waals surface area (Å²) in [6.45, 7) is 9.83. The molecule has 0 aromatic heterocycles. The van der Waals surface area contributed by atoms with Crippen molar-refractivity contribution in [3.63, 3.8) is 0 Å². The highest BCUT2D eigenvalue weighted by Crippen LogP contribution is 2.30. The summed E-state index contributed by atoms with van der Waals surface area (Å²) in [6, 6.07) is 0.717. The van der Waals surface area contributed by atoms with Gasteiger partial charge in [-0.05, 0) is 51.1 Å². The number of hydrogen-bond acceptors (Lipinski definition) is 2. The Morgan fingerprint density at radius 3 is 2.82 bits per heavy atom. The van der Waals surface area contributed by atoms with Crippen LogP contribution in [0.2, 0.25) is 0 Å². The maximum absolute atomic E-state index is 3.58. The van der Waals surface area contributed by atoms with Crippen molar-refractivity contribution in [2.75, 3.05) is 26.2 Å². The van der Waals surface area contributed by atoms with Gasteiger partial charge >= 0.3 is 0 Å². The molecule has 3 atom stereocenters. The third kappa shape index (κ3) is 4.59. The summed E-state index contributed by atoms with van der Waals surface area (Å²) in [7, 11) is 0. The Bertz CT molecular complexity index is 217. The van der Waals surface area contributed by atoms with Crippen molar-refractivity contribution in [1.82, 2.24) is 10.2 Å². The van der Waals surface area contributed by atoms with Crippen LogP contribution in [-0.2, 0) is 0 Å². The summed E-state index contributed by atoms with van der Waals surface area (Å²) >= 11 is 0. The minimum Gasteiger partial charge on any atom is -0.313 e. The second-order valence-corrected chi connectivity index (χ2v) is 6.41. The van der Waals surface area contributed by atoms with E-state index in [1.807, 2.05) is 0 Å². The number of hydrogen-bond donors (Lipinski definition) is 1. The number of rotatable bonds is 3. The van der Waals surface area contributed by atoms with E-state index in [9.17, 15) is 0 Å². The van der Waals surface area contributed by atoms with Gasteiger partial charge in [-0.1, -0.05) is 26.2 Å². The van der Waals surface area contributed by atoms with Crippen LogP contribution in [-0.4, -0.2) is 37.1 Å². The molecule has 3 unspecified atom stereocenters. The zero-order valence-corrected chi connectivity index (χ0v) is 11.8. The van der Waals surface area contributed by atoms with E-state index in [1.165, 1.54) is 64.7 Å². The number of nitrogens with one attached hydrogen (secondary N) is 1. The summed E-state index contributed by atoms with van der Waals surface area (Å²) in [6.07, 6.45) is 8.70. The Balaban J connectivity index is 1.66. The van der Waals surface area contributed by atoms with E-state index in [2.05, 4.69) is 24.1 Å². The highest BCUT2D eigenvalue weighted by Gasteiger charge is 2.20. The van der Waals surface area contributed by atoms with Crippen molar-refractivity contribution in [2.24, 2.45) is 11.8 Å². The third-order valence-corrected chi connectivity index (χ3v) is 4.70. The standard InChI is InChI=1S/C15H30N2/c1-13-4-3-5-15(12-13)7-10-17-9-6-14(2)16-8-11-17/h13-16H,3-12H2,1-2H3. The van der Waals surface area contributed by atoms with Crippen LogP contribution in [0.3, 0.4) is 0 Å². The Morgan fingerprint density at radius 2 is 2.00 bits per heavy atom. The molecule has 1 saturated heterocycles. The van der Waals surface area contributed by atoms with E-state index in [-0.39, 0.29) is 0 Å². The van der Waals surface area contributed by atoms with Crippen molar-refractivity contribution < 1.29 is 0 Å². The molecule has 0 amide bonds. The van der Waals surface area contributed by atoms with Crippen molar-refractivity contribution in [2.45, 2.75) is 58.4 Å². The van der Waals surface area contributed by atoms with E-state index in [4.69, 9.17) is 0 Å². The van der Waals surface area contributed by atoms with Crippen LogP contribution in [0.15, 0.2) is 0 Å². The van der Waals surface area contributed by atoms with Gasteiger partial charge in [0.2, 0.25) is 0 Å². The predicted molar refractivity (Wildman–Crippen MR) is 74.3 cm³/mol. The first-order valence-electron chi connectivity index (χ1n) is 7.70. The molecule has 1 aliphatic heterocycles. The Labute approximate surface area is 107 Å². The van der Waals surface area contributed by atoms with Crippen LogP contribution in [0.25, 0.3) is 0 Å². The quantitative estimate of drug-likeness (QED) is 0.813. The van der Waals surface area contributed by atoms with Gasteiger partial charge in [-0.25, -0.2) is 0 Å². The molecule has 2 rings (SSSR count). The Kier molecular flexibility index (Phi) is 5.30. The van der Waals surface area contributed by atoms with Gasteiger partial charge in [-0.15, -0.1) is 0 Å². The lowest BCUT2D eigenvalue weighted by atomic mass is 9.81. The van der Waals surface area contributed by atoms with Crippen molar-refractivity contribution in [1.29, 1.82) is 0 Å². The molecule has 17 heavy (non-hydrogen) atoms. The first-order chi connectivity index (χ1) is 8.24. The lowest BCUT2D eigenvalue weighted by Gasteiger charge is -2.29. The Hall–Kier alpha value is -0.0800. The van der Waals surface area contributed by atoms with Crippen LogP contribution in [0.4, 0.5) is 0 Å². The molecule has 2 fully saturated rings. The predicted octanol–water partition coefficient (Wildman–Crippen LogP) is 2.89. The molecule has 2 heteroatoms. The van der Waals surface area contributed by atoms with Crippen molar-refractivity contribution in [3.8, 4) is 0 Å². The Morgan fingerprint density at radius 1 is 1.12 bits per heavy atom. The lowest BCUT2D eigenvalue weighted by Crippen LogP contribution is -2.31. The van der Waals surface area contributed by atoms with Gasteiger partial charge < -0.3 is 10.2 Å². The van der Waals surface area contributed by atoms with Crippen LogP contribution in [0.5, 0.6) is 0 Å². The topological polar surface area (TPSA) is 15.3 Å². The summed E-state index contributed by atoms with van der Waals surface area (Å²) < 4.78 is 0. The molecule has 2 nitrogen and oxygen atoms in total. The van der Waals surface area contributed by atoms with Crippen LogP contribution in [0, 0.1) is 11.8 Å². The minimum atomic E-state index is 0.717. The maximum atomic E-state index is 3.58. The van der Waals surface area contributed by atoms with Crippen molar-refractivity contribution in [3.05, 3.63) is 0 Å². The zero-order chi connectivity index (χ0) is 12.1. The second kappa shape index (κ2) is 6.75. The minimum absolute atomic E-state index is 0.717. The van der Waals surface area contributed by atoms with E-state index >= 15 is 0 Å².